The summed E-state index contributed by atoms with van der Waals surface area (Å²) in [7, 11) is 0. The second-order valence-corrected chi connectivity index (χ2v) is 4.90. The molecule has 3 rings (SSSR count). The van der Waals surface area contributed by atoms with E-state index in [0.29, 0.717) is 17.1 Å². The highest BCUT2D eigenvalue weighted by Gasteiger charge is 2.16. The molecule has 0 unspecified atom stereocenters. The summed E-state index contributed by atoms with van der Waals surface area (Å²) in [5, 5.41) is 5.41. The van der Waals surface area contributed by atoms with Gasteiger partial charge in [0.15, 0.2) is 6.61 Å². The van der Waals surface area contributed by atoms with Crippen LogP contribution in [0.3, 0.4) is 0 Å². The van der Waals surface area contributed by atoms with E-state index in [0.717, 1.165) is 5.56 Å². The molecule has 2 amide bonds. The molecule has 0 bridgehead atoms. The van der Waals surface area contributed by atoms with Crippen LogP contribution in [0.25, 0.3) is 0 Å². The molecule has 0 aliphatic carbocycles. The van der Waals surface area contributed by atoms with Crippen LogP contribution in [0.5, 0.6) is 5.75 Å². The second kappa shape index (κ2) is 5.85. The van der Waals surface area contributed by atoms with Gasteiger partial charge in [-0.3, -0.25) is 9.59 Å². The molecule has 0 aromatic heterocycles. The van der Waals surface area contributed by atoms with Crippen molar-refractivity contribution in [3.05, 3.63) is 53.8 Å². The molecule has 0 atom stereocenters. The summed E-state index contributed by atoms with van der Waals surface area (Å²) >= 11 is 0. The Bertz CT molecular complexity index is 729. The van der Waals surface area contributed by atoms with Crippen LogP contribution in [0.15, 0.2) is 42.5 Å². The first-order valence-electron chi connectivity index (χ1n) is 6.71. The number of fused-ring (bicyclic) bond motifs is 1. The zero-order chi connectivity index (χ0) is 15.5. The number of halogens is 1. The highest BCUT2D eigenvalue weighted by atomic mass is 19.1. The second-order valence-electron chi connectivity index (χ2n) is 4.90. The molecule has 112 valence electrons. The molecule has 2 N–H and O–H groups in total. The summed E-state index contributed by atoms with van der Waals surface area (Å²) in [5.74, 6) is -0.246. The molecule has 6 heteroatoms. The highest BCUT2D eigenvalue weighted by Crippen LogP contribution is 2.30. The molecule has 1 aliphatic heterocycles. The number of anilines is 2. The number of nitrogens with one attached hydrogen (secondary N) is 2. The van der Waals surface area contributed by atoms with Gasteiger partial charge in [-0.15, -0.1) is 0 Å². The standard InChI is InChI=1S/C16H13FN2O3/c17-11-3-1-10(2-4-11)7-15(20)18-12-5-6-13-14(8-12)22-9-16(21)19-13/h1-6,8H,7,9H2,(H,18,20)(H,19,21). The normalized spacial score (nSPS) is 12.9. The van der Waals surface area contributed by atoms with Crippen molar-refractivity contribution in [1.82, 2.24) is 0 Å². The van der Waals surface area contributed by atoms with Gasteiger partial charge in [0, 0.05) is 11.8 Å². The van der Waals surface area contributed by atoms with Crippen molar-refractivity contribution in [3.8, 4) is 5.75 Å². The minimum Gasteiger partial charge on any atom is -0.482 e. The van der Waals surface area contributed by atoms with E-state index in [1.165, 1.54) is 12.1 Å². The quantitative estimate of drug-likeness (QED) is 0.914. The van der Waals surface area contributed by atoms with Gasteiger partial charge in [0.2, 0.25) is 5.91 Å². The maximum absolute atomic E-state index is 12.8. The summed E-state index contributed by atoms with van der Waals surface area (Å²) in [6.45, 7) is -0.0417. The van der Waals surface area contributed by atoms with Gasteiger partial charge < -0.3 is 15.4 Å². The Morgan fingerprint density at radius 2 is 2.00 bits per heavy atom. The molecule has 2 aromatic rings. The summed E-state index contributed by atoms with van der Waals surface area (Å²) in [5.41, 5.74) is 1.87. The predicted molar refractivity (Wildman–Crippen MR) is 79.3 cm³/mol. The molecule has 1 heterocycles. The van der Waals surface area contributed by atoms with Crippen molar-refractivity contribution in [2.75, 3.05) is 17.2 Å². The lowest BCUT2D eigenvalue weighted by Gasteiger charge is -2.18. The monoisotopic (exact) mass is 300 g/mol. The minimum atomic E-state index is -0.335. The first kappa shape index (κ1) is 14.1. The Hall–Kier alpha value is -2.89. The van der Waals surface area contributed by atoms with Crippen LogP contribution in [-0.2, 0) is 16.0 Å². The van der Waals surface area contributed by atoms with Gasteiger partial charge in [0.1, 0.15) is 11.6 Å². The van der Waals surface area contributed by atoms with Crippen molar-refractivity contribution in [2.45, 2.75) is 6.42 Å². The average Bonchev–Trinajstić information content (AvgIpc) is 2.50. The van der Waals surface area contributed by atoms with E-state index in [1.807, 2.05) is 0 Å². The Morgan fingerprint density at radius 3 is 2.77 bits per heavy atom. The Balaban J connectivity index is 1.66. The first-order valence-corrected chi connectivity index (χ1v) is 6.71. The first-order chi connectivity index (χ1) is 10.6. The van der Waals surface area contributed by atoms with Gasteiger partial charge in [0.25, 0.3) is 5.91 Å². The lowest BCUT2D eigenvalue weighted by atomic mass is 10.1. The van der Waals surface area contributed by atoms with E-state index in [1.54, 1.807) is 30.3 Å². The van der Waals surface area contributed by atoms with Crippen LogP contribution < -0.4 is 15.4 Å². The minimum absolute atomic E-state index is 0.0417. The number of carbonyl (C=O) groups excluding carboxylic acids is 2. The molecular formula is C16H13FN2O3. The number of rotatable bonds is 3. The molecule has 0 fully saturated rings. The number of amides is 2. The summed E-state index contributed by atoms with van der Waals surface area (Å²) in [4.78, 5) is 23.2. The Labute approximate surface area is 126 Å². The maximum atomic E-state index is 12.8. The molecular weight excluding hydrogens is 287 g/mol. The highest BCUT2D eigenvalue weighted by molar-refractivity contribution is 5.97. The SMILES string of the molecule is O=C(Cc1ccc(F)cc1)Nc1ccc2c(c1)OCC(=O)N2. The Kier molecular flexibility index (Phi) is 3.74. The molecule has 0 saturated carbocycles. The summed E-state index contributed by atoms with van der Waals surface area (Å²) < 4.78 is 18.1. The lowest BCUT2D eigenvalue weighted by Crippen LogP contribution is -2.25. The van der Waals surface area contributed by atoms with Crippen LogP contribution in [0, 0.1) is 5.82 Å². The average molecular weight is 300 g/mol. The molecule has 0 saturated heterocycles. The van der Waals surface area contributed by atoms with Crippen LogP contribution >= 0.6 is 0 Å². The Morgan fingerprint density at radius 1 is 1.23 bits per heavy atom. The van der Waals surface area contributed by atoms with Gasteiger partial charge in [0.05, 0.1) is 12.1 Å². The molecule has 5 nitrogen and oxygen atoms in total. The van der Waals surface area contributed by atoms with Crippen LogP contribution in [-0.4, -0.2) is 18.4 Å². The zero-order valence-corrected chi connectivity index (χ0v) is 11.6. The van der Waals surface area contributed by atoms with Crippen molar-refractivity contribution < 1.29 is 18.7 Å². The van der Waals surface area contributed by atoms with Crippen LogP contribution in [0.4, 0.5) is 15.8 Å². The maximum Gasteiger partial charge on any atom is 0.262 e. The third-order valence-corrected chi connectivity index (χ3v) is 3.18. The van der Waals surface area contributed by atoms with Crippen molar-refractivity contribution in [3.63, 3.8) is 0 Å². The smallest absolute Gasteiger partial charge is 0.262 e. The zero-order valence-electron chi connectivity index (χ0n) is 11.6. The summed E-state index contributed by atoms with van der Waals surface area (Å²) in [6.07, 6.45) is 0.148. The van der Waals surface area contributed by atoms with Gasteiger partial charge in [-0.2, -0.15) is 0 Å². The van der Waals surface area contributed by atoms with Gasteiger partial charge in [-0.05, 0) is 29.8 Å². The van der Waals surface area contributed by atoms with Crippen LogP contribution in [0.1, 0.15) is 5.56 Å². The number of ether oxygens (including phenoxy) is 1. The van der Waals surface area contributed by atoms with E-state index < -0.39 is 0 Å². The fourth-order valence-corrected chi connectivity index (χ4v) is 2.15. The van der Waals surface area contributed by atoms with E-state index >= 15 is 0 Å². The molecule has 0 spiro atoms. The number of benzene rings is 2. The summed E-state index contributed by atoms with van der Waals surface area (Å²) in [6, 6.07) is 10.8. The van der Waals surface area contributed by atoms with Crippen molar-refractivity contribution >= 4 is 23.2 Å². The largest absolute Gasteiger partial charge is 0.482 e. The van der Waals surface area contributed by atoms with Crippen LogP contribution in [0.2, 0.25) is 0 Å². The molecule has 2 aromatic carbocycles. The number of hydrogen-bond acceptors (Lipinski definition) is 3. The number of hydrogen-bond donors (Lipinski definition) is 2. The predicted octanol–water partition coefficient (Wildman–Crippen LogP) is 2.34. The lowest BCUT2D eigenvalue weighted by molar-refractivity contribution is -0.118. The van der Waals surface area contributed by atoms with Gasteiger partial charge >= 0.3 is 0 Å². The topological polar surface area (TPSA) is 67.4 Å². The molecule has 22 heavy (non-hydrogen) atoms. The fraction of sp³-hybridized carbons (Fsp3) is 0.125. The van der Waals surface area contributed by atoms with Gasteiger partial charge in [-0.1, -0.05) is 12.1 Å². The van der Waals surface area contributed by atoms with Gasteiger partial charge in [-0.25, -0.2) is 4.39 Å². The third-order valence-electron chi connectivity index (χ3n) is 3.18. The molecule has 1 aliphatic rings. The van der Waals surface area contributed by atoms with E-state index in [-0.39, 0.29) is 30.7 Å². The number of carbonyl (C=O) groups is 2. The van der Waals surface area contributed by atoms with Crippen molar-refractivity contribution in [2.24, 2.45) is 0 Å². The fourth-order valence-electron chi connectivity index (χ4n) is 2.15. The third kappa shape index (κ3) is 3.22. The van der Waals surface area contributed by atoms with E-state index in [4.69, 9.17) is 4.74 Å². The van der Waals surface area contributed by atoms with Crippen molar-refractivity contribution in [1.29, 1.82) is 0 Å². The van der Waals surface area contributed by atoms with E-state index in [9.17, 15) is 14.0 Å². The molecule has 0 radical (unpaired) electrons. The van der Waals surface area contributed by atoms with E-state index in [2.05, 4.69) is 10.6 Å².